The van der Waals surface area contributed by atoms with Crippen LogP contribution in [0.5, 0.6) is 0 Å². The Morgan fingerprint density at radius 3 is 2.24 bits per heavy atom. The van der Waals surface area contributed by atoms with Crippen molar-refractivity contribution >= 4 is 27.5 Å². The second kappa shape index (κ2) is 9.30. The molecule has 9 heteroatoms. The van der Waals surface area contributed by atoms with E-state index in [0.29, 0.717) is 17.4 Å². The van der Waals surface area contributed by atoms with Gasteiger partial charge < -0.3 is 4.90 Å². The molecule has 2 heterocycles. The van der Waals surface area contributed by atoms with Crippen LogP contribution in [0.3, 0.4) is 0 Å². The van der Waals surface area contributed by atoms with E-state index in [2.05, 4.69) is 10.2 Å². The molecular weight excluding hydrogens is 456 g/mol. The lowest BCUT2D eigenvalue weighted by molar-refractivity contribution is -0.130. The summed E-state index contributed by atoms with van der Waals surface area (Å²) in [4.78, 5) is 14.7. The van der Waals surface area contributed by atoms with Gasteiger partial charge in [0.1, 0.15) is 0 Å². The summed E-state index contributed by atoms with van der Waals surface area (Å²) in [5, 5.41) is 9.05. The largest absolute Gasteiger partial charge is 0.341 e. The number of aromatic nitrogens is 3. The topological polar surface area (TPSA) is 85.2 Å². The molecule has 4 rings (SSSR count). The van der Waals surface area contributed by atoms with E-state index in [-0.39, 0.29) is 23.5 Å². The number of sulfone groups is 1. The summed E-state index contributed by atoms with van der Waals surface area (Å²) >= 11 is 1.33. The van der Waals surface area contributed by atoms with Crippen molar-refractivity contribution in [1.82, 2.24) is 19.7 Å². The molecule has 1 fully saturated rings. The number of rotatable bonds is 6. The summed E-state index contributed by atoms with van der Waals surface area (Å²) in [7, 11) is -1.37. The normalized spacial score (nSPS) is 18.2. The fourth-order valence-electron chi connectivity index (χ4n) is 3.92. The zero-order chi connectivity index (χ0) is 23.8. The van der Waals surface area contributed by atoms with Crippen molar-refractivity contribution in [3.8, 4) is 17.1 Å². The standard InChI is InChI=1S/C24H28N4O3S2/c1-16-5-9-19(10-6-16)22-25-26-24(28(22)20-11-7-17(2)8-12-20)32-18(3)23(29)27(4)21-13-14-33(30,31)15-21/h5-12,18,21H,13-15H2,1-4H3. The van der Waals surface area contributed by atoms with Gasteiger partial charge in [0.05, 0.1) is 16.8 Å². The molecule has 174 valence electrons. The molecule has 7 nitrogen and oxygen atoms in total. The second-order valence-corrected chi connectivity index (χ2v) is 12.1. The lowest BCUT2D eigenvalue weighted by Crippen LogP contribution is -2.41. The van der Waals surface area contributed by atoms with E-state index in [9.17, 15) is 13.2 Å². The molecular formula is C24H28N4O3S2. The van der Waals surface area contributed by atoms with Gasteiger partial charge in [-0.2, -0.15) is 0 Å². The van der Waals surface area contributed by atoms with Gasteiger partial charge in [0.25, 0.3) is 0 Å². The van der Waals surface area contributed by atoms with Gasteiger partial charge in [-0.1, -0.05) is 59.3 Å². The Bertz CT molecular complexity index is 1250. The highest BCUT2D eigenvalue weighted by Gasteiger charge is 2.34. The molecule has 1 aliphatic heterocycles. The smallest absolute Gasteiger partial charge is 0.235 e. The zero-order valence-electron chi connectivity index (χ0n) is 19.2. The summed E-state index contributed by atoms with van der Waals surface area (Å²) in [6, 6.07) is 15.9. The van der Waals surface area contributed by atoms with Gasteiger partial charge in [0, 0.05) is 24.3 Å². The first-order valence-corrected chi connectivity index (χ1v) is 13.6. The van der Waals surface area contributed by atoms with Crippen LogP contribution < -0.4 is 0 Å². The molecule has 0 N–H and O–H groups in total. The molecule has 0 aliphatic carbocycles. The van der Waals surface area contributed by atoms with Gasteiger partial charge in [0.15, 0.2) is 20.8 Å². The summed E-state index contributed by atoms with van der Waals surface area (Å²) in [5.41, 5.74) is 4.16. The maximum absolute atomic E-state index is 13.1. The summed E-state index contributed by atoms with van der Waals surface area (Å²) in [6.45, 7) is 5.90. The zero-order valence-corrected chi connectivity index (χ0v) is 20.9. The van der Waals surface area contributed by atoms with Crippen molar-refractivity contribution in [2.75, 3.05) is 18.6 Å². The van der Waals surface area contributed by atoms with E-state index in [1.54, 1.807) is 11.9 Å². The van der Waals surface area contributed by atoms with Crippen molar-refractivity contribution in [1.29, 1.82) is 0 Å². The van der Waals surface area contributed by atoms with Crippen LogP contribution in [0.4, 0.5) is 0 Å². The third-order valence-electron chi connectivity index (χ3n) is 5.97. The predicted molar refractivity (Wildman–Crippen MR) is 131 cm³/mol. The summed E-state index contributed by atoms with van der Waals surface area (Å²) in [5.74, 6) is 0.760. The Balaban J connectivity index is 1.64. The first-order valence-electron chi connectivity index (χ1n) is 10.9. The first-order chi connectivity index (χ1) is 15.6. The molecule has 1 aliphatic rings. The summed E-state index contributed by atoms with van der Waals surface area (Å²) in [6.07, 6.45) is 0.485. The van der Waals surface area contributed by atoms with Crippen LogP contribution in [0.2, 0.25) is 0 Å². The van der Waals surface area contributed by atoms with Crippen LogP contribution in [0, 0.1) is 13.8 Å². The van der Waals surface area contributed by atoms with Crippen LogP contribution >= 0.6 is 11.8 Å². The number of hydrogen-bond donors (Lipinski definition) is 0. The van der Waals surface area contributed by atoms with Crippen molar-refractivity contribution in [3.05, 3.63) is 59.7 Å². The predicted octanol–water partition coefficient (Wildman–Crippen LogP) is 3.68. The molecule has 2 atom stereocenters. The number of thioether (sulfide) groups is 1. The monoisotopic (exact) mass is 484 g/mol. The Labute approximate surface area is 199 Å². The molecule has 1 aromatic heterocycles. The Hall–Kier alpha value is -2.65. The Morgan fingerprint density at radius 2 is 1.67 bits per heavy atom. The molecule has 0 saturated carbocycles. The number of benzene rings is 2. The number of carbonyl (C=O) groups is 1. The third-order valence-corrected chi connectivity index (χ3v) is 8.75. The molecule has 2 unspecified atom stereocenters. The SMILES string of the molecule is Cc1ccc(-c2nnc(SC(C)C(=O)N(C)C3CCS(=O)(=O)C3)n2-c2ccc(C)cc2)cc1. The van der Waals surface area contributed by atoms with E-state index in [1.807, 2.05) is 73.9 Å². The molecule has 0 spiro atoms. The number of hydrogen-bond acceptors (Lipinski definition) is 6. The van der Waals surface area contributed by atoms with Crippen molar-refractivity contribution < 1.29 is 13.2 Å². The maximum atomic E-state index is 13.1. The minimum Gasteiger partial charge on any atom is -0.341 e. The van der Waals surface area contributed by atoms with Gasteiger partial charge in [-0.3, -0.25) is 9.36 Å². The van der Waals surface area contributed by atoms with E-state index in [0.717, 1.165) is 22.4 Å². The molecule has 0 radical (unpaired) electrons. The number of amides is 1. The highest BCUT2D eigenvalue weighted by atomic mass is 32.2. The van der Waals surface area contributed by atoms with Crippen LogP contribution in [0.15, 0.2) is 53.7 Å². The fourth-order valence-corrected chi connectivity index (χ4v) is 6.66. The van der Waals surface area contributed by atoms with Gasteiger partial charge in [-0.25, -0.2) is 8.42 Å². The molecule has 1 amide bonds. The van der Waals surface area contributed by atoms with E-state index in [4.69, 9.17) is 0 Å². The molecule has 1 saturated heterocycles. The first kappa shape index (κ1) is 23.5. The van der Waals surface area contributed by atoms with Crippen LogP contribution in [0.1, 0.15) is 24.5 Å². The quantitative estimate of drug-likeness (QED) is 0.496. The molecule has 2 aromatic carbocycles. The summed E-state index contributed by atoms with van der Waals surface area (Å²) < 4.78 is 25.7. The van der Waals surface area contributed by atoms with Crippen molar-refractivity contribution in [2.24, 2.45) is 0 Å². The second-order valence-electron chi connectivity index (χ2n) is 8.61. The molecule has 33 heavy (non-hydrogen) atoms. The van der Waals surface area contributed by atoms with Crippen LogP contribution in [-0.4, -0.2) is 63.8 Å². The Morgan fingerprint density at radius 1 is 1.06 bits per heavy atom. The van der Waals surface area contributed by atoms with Gasteiger partial charge in [0.2, 0.25) is 5.91 Å². The van der Waals surface area contributed by atoms with E-state index in [1.165, 1.54) is 11.8 Å². The van der Waals surface area contributed by atoms with Crippen molar-refractivity contribution in [2.45, 2.75) is 43.6 Å². The molecule has 0 bridgehead atoms. The van der Waals surface area contributed by atoms with Gasteiger partial charge >= 0.3 is 0 Å². The van der Waals surface area contributed by atoms with Gasteiger partial charge in [-0.05, 0) is 39.3 Å². The maximum Gasteiger partial charge on any atom is 0.235 e. The lowest BCUT2D eigenvalue weighted by Gasteiger charge is -2.26. The van der Waals surface area contributed by atoms with E-state index < -0.39 is 15.1 Å². The highest BCUT2D eigenvalue weighted by molar-refractivity contribution is 8.00. The average molecular weight is 485 g/mol. The van der Waals surface area contributed by atoms with E-state index >= 15 is 0 Å². The van der Waals surface area contributed by atoms with Crippen LogP contribution in [0.25, 0.3) is 17.1 Å². The average Bonchev–Trinajstić information content (AvgIpc) is 3.36. The third kappa shape index (κ3) is 5.14. The molecule has 3 aromatic rings. The minimum absolute atomic E-state index is 0.0315. The number of aryl methyl sites for hydroxylation is 2. The number of nitrogens with zero attached hydrogens (tertiary/aromatic N) is 4. The minimum atomic E-state index is -3.06. The number of carbonyl (C=O) groups excluding carboxylic acids is 1. The van der Waals surface area contributed by atoms with Crippen molar-refractivity contribution in [3.63, 3.8) is 0 Å². The van der Waals surface area contributed by atoms with Gasteiger partial charge in [-0.15, -0.1) is 10.2 Å². The highest BCUT2D eigenvalue weighted by Crippen LogP contribution is 2.31. The Kier molecular flexibility index (Phi) is 6.63. The fraction of sp³-hybridized carbons (Fsp3) is 0.375. The van der Waals surface area contributed by atoms with Crippen LogP contribution in [-0.2, 0) is 14.6 Å². The lowest BCUT2D eigenvalue weighted by atomic mass is 10.1.